The molecular formula is C11H12BrN5O2. The van der Waals surface area contributed by atoms with E-state index in [1.54, 1.807) is 23.0 Å². The molecule has 0 radical (unpaired) electrons. The van der Waals surface area contributed by atoms with Crippen LogP contribution in [0.5, 0.6) is 0 Å². The van der Waals surface area contributed by atoms with Gasteiger partial charge in [0.15, 0.2) is 0 Å². The van der Waals surface area contributed by atoms with Crippen molar-refractivity contribution in [2.24, 2.45) is 5.73 Å². The Morgan fingerprint density at radius 2 is 2.26 bits per heavy atom. The molecule has 1 aromatic heterocycles. The minimum Gasteiger partial charge on any atom is -0.330 e. The lowest BCUT2D eigenvalue weighted by Crippen LogP contribution is -2.06. The van der Waals surface area contributed by atoms with Crippen LogP contribution in [0.25, 0.3) is 11.3 Å². The van der Waals surface area contributed by atoms with Crippen LogP contribution in [-0.4, -0.2) is 26.5 Å². The van der Waals surface area contributed by atoms with Gasteiger partial charge >= 0.3 is 0 Å². The number of nitro benzene ring substituents is 1. The minimum atomic E-state index is -0.432. The second-order valence-corrected chi connectivity index (χ2v) is 4.84. The molecule has 0 fully saturated rings. The highest BCUT2D eigenvalue weighted by molar-refractivity contribution is 9.10. The number of nitrogens with two attached hydrogens (primary N) is 1. The maximum absolute atomic E-state index is 11.0. The zero-order chi connectivity index (χ0) is 13.8. The van der Waals surface area contributed by atoms with Gasteiger partial charge in [-0.15, -0.1) is 5.10 Å². The zero-order valence-electron chi connectivity index (χ0n) is 9.99. The fraction of sp³-hybridized carbons (Fsp3) is 0.273. The summed E-state index contributed by atoms with van der Waals surface area (Å²) in [4.78, 5) is 10.6. The van der Waals surface area contributed by atoms with E-state index in [4.69, 9.17) is 5.73 Å². The number of hydrogen-bond donors (Lipinski definition) is 1. The number of hydrogen-bond acceptors (Lipinski definition) is 5. The molecular weight excluding hydrogens is 314 g/mol. The average Bonchev–Trinajstić information content (AvgIpc) is 2.84. The van der Waals surface area contributed by atoms with Gasteiger partial charge in [-0.25, -0.2) is 0 Å². The summed E-state index contributed by atoms with van der Waals surface area (Å²) in [6.07, 6.45) is 2.47. The Balaban J connectivity index is 2.36. The van der Waals surface area contributed by atoms with Gasteiger partial charge in [0.1, 0.15) is 5.69 Å². The highest BCUT2D eigenvalue weighted by atomic mass is 79.9. The quantitative estimate of drug-likeness (QED) is 0.669. The van der Waals surface area contributed by atoms with Gasteiger partial charge in [0.2, 0.25) is 0 Å². The molecule has 0 bridgehead atoms. The van der Waals surface area contributed by atoms with Gasteiger partial charge in [-0.05, 0) is 25.1 Å². The first-order valence-corrected chi connectivity index (χ1v) is 6.45. The van der Waals surface area contributed by atoms with Crippen molar-refractivity contribution in [3.8, 4) is 11.3 Å². The summed E-state index contributed by atoms with van der Waals surface area (Å²) in [6.45, 7) is 1.21. The fourth-order valence-electron chi connectivity index (χ4n) is 1.66. The van der Waals surface area contributed by atoms with Crippen LogP contribution in [0.2, 0.25) is 0 Å². The molecule has 8 heteroatoms. The van der Waals surface area contributed by atoms with Crippen LogP contribution in [0, 0.1) is 10.1 Å². The smallest absolute Gasteiger partial charge is 0.280 e. The second kappa shape index (κ2) is 5.89. The number of nitrogens with zero attached hydrogens (tertiary/aromatic N) is 4. The molecule has 7 nitrogen and oxygen atoms in total. The molecule has 0 unspecified atom stereocenters. The van der Waals surface area contributed by atoms with Gasteiger partial charge in [0, 0.05) is 17.1 Å². The van der Waals surface area contributed by atoms with E-state index in [2.05, 4.69) is 26.2 Å². The van der Waals surface area contributed by atoms with Crippen molar-refractivity contribution in [3.05, 3.63) is 39.0 Å². The van der Waals surface area contributed by atoms with Crippen molar-refractivity contribution < 1.29 is 4.92 Å². The Bertz CT molecular complexity index is 599. The minimum absolute atomic E-state index is 0.000231. The molecule has 1 aromatic carbocycles. The third-order valence-corrected chi connectivity index (χ3v) is 3.06. The first-order chi connectivity index (χ1) is 9.11. The molecule has 0 atom stereocenters. The lowest BCUT2D eigenvalue weighted by Gasteiger charge is -1.99. The van der Waals surface area contributed by atoms with Crippen molar-refractivity contribution in [1.82, 2.24) is 15.0 Å². The van der Waals surface area contributed by atoms with Crippen LogP contribution in [-0.2, 0) is 6.54 Å². The summed E-state index contributed by atoms with van der Waals surface area (Å²) in [5.74, 6) is 0. The molecule has 2 aromatic rings. The van der Waals surface area contributed by atoms with E-state index in [0.29, 0.717) is 28.8 Å². The van der Waals surface area contributed by atoms with E-state index in [1.807, 2.05) is 0 Å². The number of nitro groups is 1. The predicted octanol–water partition coefficient (Wildman–Crippen LogP) is 1.96. The summed E-state index contributed by atoms with van der Waals surface area (Å²) in [5.41, 5.74) is 6.35. The third-order valence-electron chi connectivity index (χ3n) is 2.56. The molecule has 0 aliphatic heterocycles. The van der Waals surface area contributed by atoms with E-state index in [9.17, 15) is 10.1 Å². The maximum atomic E-state index is 11.0. The summed E-state index contributed by atoms with van der Waals surface area (Å²) in [7, 11) is 0. The van der Waals surface area contributed by atoms with E-state index in [1.165, 1.54) is 6.07 Å². The lowest BCUT2D eigenvalue weighted by molar-refractivity contribution is -0.384. The van der Waals surface area contributed by atoms with Crippen LogP contribution in [0.3, 0.4) is 0 Å². The van der Waals surface area contributed by atoms with E-state index in [0.717, 1.165) is 6.42 Å². The monoisotopic (exact) mass is 325 g/mol. The van der Waals surface area contributed by atoms with Gasteiger partial charge in [-0.1, -0.05) is 21.1 Å². The van der Waals surface area contributed by atoms with Crippen molar-refractivity contribution in [2.75, 3.05) is 6.54 Å². The van der Waals surface area contributed by atoms with E-state index >= 15 is 0 Å². The summed E-state index contributed by atoms with van der Waals surface area (Å²) in [6, 6.07) is 4.84. The Kier molecular flexibility index (Phi) is 4.23. The average molecular weight is 326 g/mol. The molecule has 2 N–H and O–H groups in total. The maximum Gasteiger partial charge on any atom is 0.280 e. The van der Waals surface area contributed by atoms with Gasteiger partial charge in [0.25, 0.3) is 5.69 Å². The molecule has 100 valence electrons. The predicted molar refractivity (Wildman–Crippen MR) is 73.5 cm³/mol. The number of rotatable bonds is 5. The molecule has 0 amide bonds. The molecule has 0 spiro atoms. The number of benzene rings is 1. The fourth-order valence-corrected chi connectivity index (χ4v) is 2.01. The normalized spacial score (nSPS) is 10.6. The van der Waals surface area contributed by atoms with Crippen molar-refractivity contribution in [2.45, 2.75) is 13.0 Å². The van der Waals surface area contributed by atoms with Gasteiger partial charge in [-0.3, -0.25) is 14.8 Å². The van der Waals surface area contributed by atoms with E-state index < -0.39 is 4.92 Å². The molecule has 0 aliphatic carbocycles. The number of aryl methyl sites for hydroxylation is 1. The number of halogens is 1. The van der Waals surface area contributed by atoms with E-state index in [-0.39, 0.29) is 5.69 Å². The summed E-state index contributed by atoms with van der Waals surface area (Å²) < 4.78 is 2.28. The molecule has 0 aliphatic rings. The Hall–Kier alpha value is -1.80. The van der Waals surface area contributed by atoms with Crippen LogP contribution >= 0.6 is 15.9 Å². The van der Waals surface area contributed by atoms with Gasteiger partial charge in [0.05, 0.1) is 16.7 Å². The second-order valence-electron chi connectivity index (χ2n) is 3.93. The molecule has 0 saturated heterocycles. The van der Waals surface area contributed by atoms with Crippen molar-refractivity contribution in [3.63, 3.8) is 0 Å². The summed E-state index contributed by atoms with van der Waals surface area (Å²) >= 11 is 3.22. The highest BCUT2D eigenvalue weighted by Crippen LogP contribution is 2.30. The highest BCUT2D eigenvalue weighted by Gasteiger charge is 2.18. The molecule has 1 heterocycles. The van der Waals surface area contributed by atoms with Crippen LogP contribution < -0.4 is 5.73 Å². The molecule has 19 heavy (non-hydrogen) atoms. The van der Waals surface area contributed by atoms with Crippen molar-refractivity contribution in [1.29, 1.82) is 0 Å². The van der Waals surface area contributed by atoms with Crippen LogP contribution in [0.1, 0.15) is 6.42 Å². The van der Waals surface area contributed by atoms with Crippen LogP contribution in [0.15, 0.2) is 28.9 Å². The Morgan fingerprint density at radius 1 is 1.47 bits per heavy atom. The SMILES string of the molecule is NCCCn1cc(-c2ccc(Br)cc2[N+](=O)[O-])nn1. The zero-order valence-corrected chi connectivity index (χ0v) is 11.6. The summed E-state index contributed by atoms with van der Waals surface area (Å²) in [5, 5.41) is 18.9. The third kappa shape index (κ3) is 3.15. The van der Waals surface area contributed by atoms with Crippen molar-refractivity contribution >= 4 is 21.6 Å². The first-order valence-electron chi connectivity index (χ1n) is 5.66. The number of aromatic nitrogens is 3. The Labute approximate surface area is 117 Å². The van der Waals surface area contributed by atoms with Crippen LogP contribution in [0.4, 0.5) is 5.69 Å². The first kappa shape index (κ1) is 13.6. The lowest BCUT2D eigenvalue weighted by atomic mass is 10.1. The Morgan fingerprint density at radius 3 is 2.95 bits per heavy atom. The topological polar surface area (TPSA) is 99.9 Å². The van der Waals surface area contributed by atoms with Gasteiger partial charge in [-0.2, -0.15) is 0 Å². The standard InChI is InChI=1S/C11H12BrN5O2/c12-8-2-3-9(11(6-8)17(18)19)10-7-16(15-14-10)5-1-4-13/h2-3,6-7H,1,4-5,13H2. The molecule has 0 saturated carbocycles. The molecule has 2 rings (SSSR count). The largest absolute Gasteiger partial charge is 0.330 e. The van der Waals surface area contributed by atoms with Gasteiger partial charge < -0.3 is 5.73 Å².